The smallest absolute Gasteiger partial charge is 0.00266 e. The summed E-state index contributed by atoms with van der Waals surface area (Å²) < 4.78 is 0. The molecule has 6 aromatic rings. The van der Waals surface area contributed by atoms with Gasteiger partial charge in [0.1, 0.15) is 0 Å². The molecule has 6 aromatic carbocycles. The molecule has 0 saturated heterocycles. The molecule has 0 heteroatoms. The molecule has 1 unspecified atom stereocenters. The number of allylic oxidation sites excluding steroid dienone is 4. The van der Waals surface area contributed by atoms with E-state index in [9.17, 15) is 0 Å². The summed E-state index contributed by atoms with van der Waals surface area (Å²) in [7, 11) is 0. The van der Waals surface area contributed by atoms with Crippen LogP contribution in [0.5, 0.6) is 0 Å². The van der Waals surface area contributed by atoms with Crippen LogP contribution in [0.2, 0.25) is 0 Å². The lowest BCUT2D eigenvalue weighted by atomic mass is 9.72. The van der Waals surface area contributed by atoms with E-state index in [1.807, 2.05) is 0 Å². The van der Waals surface area contributed by atoms with Gasteiger partial charge in [-0.3, -0.25) is 0 Å². The Morgan fingerprint density at radius 3 is 2.38 bits per heavy atom. The van der Waals surface area contributed by atoms with Crippen molar-refractivity contribution in [3.8, 4) is 11.1 Å². The van der Waals surface area contributed by atoms with E-state index in [2.05, 4.69) is 129 Å². The number of hydrogen-bond acceptors (Lipinski definition) is 0. The maximum Gasteiger partial charge on any atom is -0.00266 e. The van der Waals surface area contributed by atoms with E-state index in [0.29, 0.717) is 5.92 Å². The van der Waals surface area contributed by atoms with Gasteiger partial charge >= 0.3 is 0 Å². The van der Waals surface area contributed by atoms with Crippen molar-refractivity contribution in [3.05, 3.63) is 148 Å². The summed E-state index contributed by atoms with van der Waals surface area (Å²) in [6, 6.07) is 32.6. The fraction of sp³-hybridized carbons (Fsp3) is 0.200. The second-order valence-electron chi connectivity index (χ2n) is 13.5. The molecule has 0 N–H and O–H groups in total. The SMILES string of the molecule is CC1=CCC(Cc2cc3c(c4ccccc24)CCC=C3)c2c1cc(-c1cccc3ccc4cc(C)ccc4c13)c1c2CCC=C1. The predicted octanol–water partition coefficient (Wildman–Crippen LogP) is 12.2. The molecule has 45 heavy (non-hydrogen) atoms. The summed E-state index contributed by atoms with van der Waals surface area (Å²) in [5.74, 6) is 0.475. The van der Waals surface area contributed by atoms with Gasteiger partial charge in [-0.15, -0.1) is 0 Å². The number of hydrogen-bond donors (Lipinski definition) is 0. The van der Waals surface area contributed by atoms with Crippen molar-refractivity contribution in [1.82, 2.24) is 0 Å². The molecule has 0 radical (unpaired) electrons. The Kier molecular flexibility index (Phi) is 6.20. The Bertz CT molecular complexity index is 2290. The molecule has 218 valence electrons. The molecule has 9 rings (SSSR count). The minimum Gasteiger partial charge on any atom is -0.0836 e. The van der Waals surface area contributed by atoms with Crippen molar-refractivity contribution >= 4 is 50.0 Å². The summed E-state index contributed by atoms with van der Waals surface area (Å²) in [5.41, 5.74) is 16.0. The van der Waals surface area contributed by atoms with Crippen LogP contribution in [-0.2, 0) is 19.3 Å². The van der Waals surface area contributed by atoms with Crippen molar-refractivity contribution in [2.24, 2.45) is 0 Å². The topological polar surface area (TPSA) is 0 Å². The highest BCUT2D eigenvalue weighted by Gasteiger charge is 2.29. The first-order valence-corrected chi connectivity index (χ1v) is 16.8. The Hall–Kier alpha value is -4.68. The van der Waals surface area contributed by atoms with Crippen molar-refractivity contribution in [2.45, 2.75) is 58.3 Å². The molecular weight excluding hydrogens is 540 g/mol. The molecule has 0 nitrogen and oxygen atoms in total. The summed E-state index contributed by atoms with van der Waals surface area (Å²) >= 11 is 0. The van der Waals surface area contributed by atoms with Crippen LogP contribution in [0, 0.1) is 6.92 Å². The standard InChI is InChI=1S/C45H38/c1-28-18-23-37-32(24-28)22-21-30-11-9-17-41(44(30)37)43-27-42-29(2)19-20-33(45(42)40-16-8-7-15-39(40)43)26-34-25-31-10-3-4-12-35(31)38-14-6-5-13-36(34)38/h3,5-7,9-11,13-15,17-19,21-25,27,33H,4,8,12,16,20,26H2,1-2H3. The van der Waals surface area contributed by atoms with Gasteiger partial charge in [0.25, 0.3) is 0 Å². The number of aryl methyl sites for hydroxylation is 2. The van der Waals surface area contributed by atoms with Crippen LogP contribution in [0.15, 0.2) is 103 Å². The highest BCUT2D eigenvalue weighted by molar-refractivity contribution is 6.15. The average Bonchev–Trinajstić information content (AvgIpc) is 3.08. The van der Waals surface area contributed by atoms with E-state index >= 15 is 0 Å². The van der Waals surface area contributed by atoms with E-state index < -0.39 is 0 Å². The lowest BCUT2D eigenvalue weighted by Crippen LogP contribution is -2.16. The molecule has 0 heterocycles. The van der Waals surface area contributed by atoms with Gasteiger partial charge in [-0.05, 0) is 152 Å². The molecule has 0 bridgehead atoms. The second-order valence-corrected chi connectivity index (χ2v) is 13.5. The van der Waals surface area contributed by atoms with Crippen LogP contribution in [0.25, 0.3) is 61.2 Å². The number of benzene rings is 6. The Balaban J connectivity index is 1.25. The van der Waals surface area contributed by atoms with Gasteiger partial charge < -0.3 is 0 Å². The first kappa shape index (κ1) is 26.7. The molecule has 0 aliphatic heterocycles. The van der Waals surface area contributed by atoms with E-state index in [4.69, 9.17) is 0 Å². The Labute approximate surface area is 266 Å². The minimum atomic E-state index is 0.475. The largest absolute Gasteiger partial charge is 0.0836 e. The normalized spacial score (nSPS) is 16.9. The predicted molar refractivity (Wildman–Crippen MR) is 195 cm³/mol. The lowest BCUT2D eigenvalue weighted by Gasteiger charge is -2.32. The van der Waals surface area contributed by atoms with Gasteiger partial charge in [0, 0.05) is 0 Å². The zero-order valence-corrected chi connectivity index (χ0v) is 26.3. The number of fused-ring (bicyclic) bond motifs is 9. The van der Waals surface area contributed by atoms with Crippen LogP contribution in [0.4, 0.5) is 0 Å². The third-order valence-corrected chi connectivity index (χ3v) is 10.8. The Morgan fingerprint density at radius 2 is 1.47 bits per heavy atom. The lowest BCUT2D eigenvalue weighted by molar-refractivity contribution is 0.676. The average molecular weight is 579 g/mol. The number of rotatable bonds is 3. The summed E-state index contributed by atoms with van der Waals surface area (Å²) in [6.45, 7) is 4.53. The summed E-state index contributed by atoms with van der Waals surface area (Å²) in [5, 5.41) is 8.25. The van der Waals surface area contributed by atoms with Gasteiger partial charge in [0.05, 0.1) is 0 Å². The highest BCUT2D eigenvalue weighted by Crippen LogP contribution is 2.47. The van der Waals surface area contributed by atoms with Gasteiger partial charge in [0.15, 0.2) is 0 Å². The Morgan fingerprint density at radius 1 is 0.644 bits per heavy atom. The van der Waals surface area contributed by atoms with Crippen LogP contribution >= 0.6 is 0 Å². The van der Waals surface area contributed by atoms with Crippen LogP contribution in [-0.4, -0.2) is 0 Å². The van der Waals surface area contributed by atoms with Crippen LogP contribution in [0.3, 0.4) is 0 Å². The molecule has 3 aliphatic carbocycles. The quantitative estimate of drug-likeness (QED) is 0.183. The molecule has 0 aromatic heterocycles. The fourth-order valence-corrected chi connectivity index (χ4v) is 8.70. The van der Waals surface area contributed by atoms with E-state index in [-0.39, 0.29) is 0 Å². The van der Waals surface area contributed by atoms with Crippen molar-refractivity contribution < 1.29 is 0 Å². The van der Waals surface area contributed by atoms with Gasteiger partial charge in [-0.2, -0.15) is 0 Å². The molecule has 1 atom stereocenters. The molecule has 0 spiro atoms. The monoisotopic (exact) mass is 578 g/mol. The maximum absolute atomic E-state index is 2.55. The van der Waals surface area contributed by atoms with E-state index in [0.717, 1.165) is 38.5 Å². The third-order valence-electron chi connectivity index (χ3n) is 10.8. The van der Waals surface area contributed by atoms with Gasteiger partial charge in [-0.1, -0.05) is 115 Å². The van der Waals surface area contributed by atoms with Crippen molar-refractivity contribution in [1.29, 1.82) is 0 Å². The van der Waals surface area contributed by atoms with E-state index in [1.165, 1.54) is 82.4 Å². The summed E-state index contributed by atoms with van der Waals surface area (Å²) in [6.07, 6.45) is 18.8. The zero-order chi connectivity index (χ0) is 30.1. The molecular formula is C45H38. The minimum absolute atomic E-state index is 0.475. The molecule has 0 fully saturated rings. The van der Waals surface area contributed by atoms with Gasteiger partial charge in [-0.25, -0.2) is 0 Å². The third kappa shape index (κ3) is 4.26. The first-order chi connectivity index (χ1) is 22.1. The second kappa shape index (κ2) is 10.5. The van der Waals surface area contributed by atoms with Crippen molar-refractivity contribution in [2.75, 3.05) is 0 Å². The summed E-state index contributed by atoms with van der Waals surface area (Å²) in [4.78, 5) is 0. The van der Waals surface area contributed by atoms with E-state index in [1.54, 1.807) is 11.1 Å². The maximum atomic E-state index is 2.55. The van der Waals surface area contributed by atoms with Crippen LogP contribution < -0.4 is 0 Å². The van der Waals surface area contributed by atoms with Crippen LogP contribution in [0.1, 0.15) is 76.6 Å². The first-order valence-electron chi connectivity index (χ1n) is 16.8. The molecule has 0 amide bonds. The molecule has 3 aliphatic rings. The van der Waals surface area contributed by atoms with Crippen molar-refractivity contribution in [3.63, 3.8) is 0 Å². The zero-order valence-electron chi connectivity index (χ0n) is 26.3. The van der Waals surface area contributed by atoms with Gasteiger partial charge in [0.2, 0.25) is 0 Å². The highest BCUT2D eigenvalue weighted by atomic mass is 14.3. The fourth-order valence-electron chi connectivity index (χ4n) is 8.70. The molecule has 0 saturated carbocycles.